The Hall–Kier alpha value is -1.74. The molecule has 2 aromatic rings. The van der Waals surface area contributed by atoms with E-state index in [1.54, 1.807) is 30.5 Å². The number of piperidine rings is 2. The average Bonchev–Trinajstić information content (AvgIpc) is 3.41. The maximum atomic E-state index is 13.5. The van der Waals surface area contributed by atoms with E-state index in [1.165, 1.54) is 62.3 Å². The van der Waals surface area contributed by atoms with E-state index in [2.05, 4.69) is 5.32 Å². The Balaban J connectivity index is 0.000000217. The van der Waals surface area contributed by atoms with Crippen LogP contribution in [0.2, 0.25) is 0 Å². The summed E-state index contributed by atoms with van der Waals surface area (Å²) in [5.74, 6) is -0.334. The number of hydrogen-bond donors (Lipinski definition) is 2. The van der Waals surface area contributed by atoms with Gasteiger partial charge in [0.1, 0.15) is 12.1 Å². The van der Waals surface area contributed by atoms with Crippen molar-refractivity contribution in [1.29, 1.82) is 0 Å². The average molecular weight is 639 g/mol. The van der Waals surface area contributed by atoms with Gasteiger partial charge in [-0.3, -0.25) is 4.79 Å². The molecule has 0 bridgehead atoms. The number of carbonyl (C=O) groups excluding carboxylic acids is 1. The summed E-state index contributed by atoms with van der Waals surface area (Å²) in [6, 6.07) is 16.7. The summed E-state index contributed by atoms with van der Waals surface area (Å²) in [5.41, 5.74) is 8.72. The van der Waals surface area contributed by atoms with Crippen LogP contribution in [-0.2, 0) is 37.5 Å². The number of rotatable bonds is 5. The van der Waals surface area contributed by atoms with Crippen molar-refractivity contribution in [2.75, 3.05) is 33.7 Å². The molecule has 6 nitrogen and oxygen atoms in total. The Morgan fingerprint density at radius 3 is 2.34 bits per heavy atom. The Morgan fingerprint density at radius 1 is 1.07 bits per heavy atom. The minimum Gasteiger partial charge on any atom is -0.662 e. The van der Waals surface area contributed by atoms with Gasteiger partial charge in [0.05, 0.1) is 6.04 Å². The number of benzene rings is 2. The van der Waals surface area contributed by atoms with Crippen LogP contribution >= 0.6 is 0 Å². The number of nitrogens with two attached hydrogens (primary N) is 1. The topological polar surface area (TPSA) is 83.9 Å². The van der Waals surface area contributed by atoms with Crippen molar-refractivity contribution in [3.63, 3.8) is 0 Å². The van der Waals surface area contributed by atoms with Gasteiger partial charge >= 0.3 is 0 Å². The van der Waals surface area contributed by atoms with E-state index >= 15 is 0 Å². The fourth-order valence-electron chi connectivity index (χ4n) is 5.69. The van der Waals surface area contributed by atoms with Crippen LogP contribution in [0, 0.1) is 11.2 Å². The Morgan fingerprint density at radius 2 is 1.73 bits per heavy atom. The second-order valence-electron chi connectivity index (χ2n) is 11.3. The molecule has 2 atom stereocenters. The van der Waals surface area contributed by atoms with E-state index in [0.717, 1.165) is 24.9 Å². The predicted octanol–water partition coefficient (Wildman–Crippen LogP) is 6.74. The maximum Gasteiger partial charge on any atom is 0.143 e. The standard InChI is InChI=1S/C13H14FNO.C11H16N2O.C9H16N.Y/c1-15(2)9-7-11(8-10-16)12-5-3-4-6-13(12)14;12-10-6-7-13(14)11(8-10)9-4-2-1-3-5-9;1-2-5-9(4-1)6-3-7-10-8-9;/h3-10H,1-2H3;1-5,10-11,14H,6-8,12H2;1-8H2;/q;;-1;/b9-7-,11-8+;;;. The van der Waals surface area contributed by atoms with Crippen molar-refractivity contribution < 1.29 is 47.1 Å². The molecule has 3 aliphatic rings. The molecule has 2 unspecified atom stereocenters. The van der Waals surface area contributed by atoms with Crippen LogP contribution in [0.4, 0.5) is 4.39 Å². The van der Waals surface area contributed by atoms with Crippen molar-refractivity contribution in [1.82, 2.24) is 9.96 Å². The zero-order valence-electron chi connectivity index (χ0n) is 24.7. The summed E-state index contributed by atoms with van der Waals surface area (Å²) < 4.78 is 13.5. The van der Waals surface area contributed by atoms with E-state index in [-0.39, 0.29) is 50.6 Å². The quantitative estimate of drug-likeness (QED) is 0.216. The van der Waals surface area contributed by atoms with Gasteiger partial charge in [0.15, 0.2) is 0 Å². The second kappa shape index (κ2) is 18.7. The van der Waals surface area contributed by atoms with E-state index in [0.29, 0.717) is 29.4 Å². The molecule has 2 heterocycles. The fourth-order valence-corrected chi connectivity index (χ4v) is 5.69. The van der Waals surface area contributed by atoms with Crippen molar-refractivity contribution in [2.45, 2.75) is 63.5 Å². The van der Waals surface area contributed by atoms with Gasteiger partial charge < -0.3 is 21.2 Å². The first-order valence-electron chi connectivity index (χ1n) is 14.5. The molecule has 2 saturated heterocycles. The molecule has 41 heavy (non-hydrogen) atoms. The van der Waals surface area contributed by atoms with Crippen molar-refractivity contribution in [3.05, 3.63) is 95.2 Å². The van der Waals surface area contributed by atoms with Gasteiger partial charge in [0, 0.05) is 65.0 Å². The molecule has 1 aliphatic carbocycles. The summed E-state index contributed by atoms with van der Waals surface area (Å²) in [6.45, 7) is 3.00. The van der Waals surface area contributed by atoms with Gasteiger partial charge in [0.25, 0.3) is 0 Å². The zero-order valence-corrected chi connectivity index (χ0v) is 27.5. The van der Waals surface area contributed by atoms with Crippen molar-refractivity contribution >= 4 is 11.9 Å². The number of nitrogens with zero attached hydrogens (tertiary/aromatic N) is 3. The zero-order chi connectivity index (χ0) is 28.8. The SMILES string of the molecule is C1CCC2(C1)CCC[N-]C2.CN(C)/C=C\C(=C/C=O)c1ccccc1F.NC1CCN(O)C(c2ccccc2)C1.[Y]. The molecule has 2 aliphatic heterocycles. The first kappa shape index (κ1) is 35.5. The number of hydroxylamine groups is 2. The van der Waals surface area contributed by atoms with Gasteiger partial charge in [-0.15, -0.1) is 13.1 Å². The monoisotopic (exact) mass is 638 g/mol. The van der Waals surface area contributed by atoms with Gasteiger partial charge in [-0.2, -0.15) is 5.06 Å². The number of hydrogen-bond acceptors (Lipinski definition) is 5. The third kappa shape index (κ3) is 11.8. The van der Waals surface area contributed by atoms with Crippen molar-refractivity contribution in [2.24, 2.45) is 11.1 Å². The van der Waals surface area contributed by atoms with Crippen LogP contribution in [0.3, 0.4) is 0 Å². The normalized spacial score (nSPS) is 22.1. The third-order valence-corrected chi connectivity index (χ3v) is 7.92. The summed E-state index contributed by atoms with van der Waals surface area (Å²) in [4.78, 5) is 12.3. The van der Waals surface area contributed by atoms with Gasteiger partial charge in [-0.1, -0.05) is 74.2 Å². The van der Waals surface area contributed by atoms with E-state index in [4.69, 9.17) is 5.73 Å². The Kier molecular flexibility index (Phi) is 16.2. The first-order chi connectivity index (χ1) is 19.3. The van der Waals surface area contributed by atoms with Crippen molar-refractivity contribution in [3.8, 4) is 0 Å². The molecule has 221 valence electrons. The molecule has 5 rings (SSSR count). The minimum absolute atomic E-state index is 0. The smallest absolute Gasteiger partial charge is 0.143 e. The molecular formula is C33H46FN4O2Y-. The van der Waals surface area contributed by atoms with E-state index in [1.807, 2.05) is 49.3 Å². The van der Waals surface area contributed by atoms with Crippen LogP contribution in [0.1, 0.15) is 68.5 Å². The minimum atomic E-state index is -0.334. The Bertz CT molecular complexity index is 1080. The first-order valence-corrected chi connectivity index (χ1v) is 14.5. The summed E-state index contributed by atoms with van der Waals surface area (Å²) in [6.07, 6.45) is 15.9. The van der Waals surface area contributed by atoms with Gasteiger partial charge in [-0.05, 0) is 66.7 Å². The summed E-state index contributed by atoms with van der Waals surface area (Å²) >= 11 is 0. The van der Waals surface area contributed by atoms with Gasteiger partial charge in [-0.25, -0.2) is 4.39 Å². The molecule has 3 N–H and O–H groups in total. The molecular weight excluding hydrogens is 592 g/mol. The molecule has 2 aromatic carbocycles. The predicted molar refractivity (Wildman–Crippen MR) is 161 cm³/mol. The number of aldehydes is 1. The van der Waals surface area contributed by atoms with Crippen LogP contribution in [0.15, 0.2) is 72.9 Å². The number of allylic oxidation sites excluding steroid dienone is 3. The number of carbonyl (C=O) groups is 1. The van der Waals surface area contributed by atoms with E-state index in [9.17, 15) is 14.4 Å². The molecule has 3 fully saturated rings. The van der Waals surface area contributed by atoms with Crippen LogP contribution < -0.4 is 5.73 Å². The summed E-state index contributed by atoms with van der Waals surface area (Å²) in [5, 5.41) is 15.6. The van der Waals surface area contributed by atoms with Gasteiger partial charge in [0.2, 0.25) is 0 Å². The van der Waals surface area contributed by atoms with Crippen LogP contribution in [0.25, 0.3) is 10.9 Å². The van der Waals surface area contributed by atoms with E-state index < -0.39 is 0 Å². The molecule has 1 radical (unpaired) electrons. The van der Waals surface area contributed by atoms with Crippen LogP contribution in [-0.4, -0.2) is 61.2 Å². The fraction of sp³-hybridized carbons (Fsp3) is 0.485. The maximum absolute atomic E-state index is 13.5. The second-order valence-corrected chi connectivity index (χ2v) is 11.3. The number of halogens is 1. The largest absolute Gasteiger partial charge is 0.662 e. The molecule has 1 spiro atoms. The summed E-state index contributed by atoms with van der Waals surface area (Å²) in [7, 11) is 3.72. The molecule has 0 amide bonds. The molecule has 8 heteroatoms. The third-order valence-electron chi connectivity index (χ3n) is 7.92. The molecule has 1 saturated carbocycles. The van der Waals surface area contributed by atoms with Crippen LogP contribution in [0.5, 0.6) is 0 Å². The Labute approximate surface area is 271 Å². The molecule has 0 aromatic heterocycles.